The summed E-state index contributed by atoms with van der Waals surface area (Å²) < 4.78 is 0. The number of rotatable bonds is 6. The highest BCUT2D eigenvalue weighted by Gasteiger charge is 2.12. The van der Waals surface area contributed by atoms with Crippen molar-refractivity contribution in [2.45, 2.75) is 13.8 Å². The van der Waals surface area contributed by atoms with Gasteiger partial charge in [0.15, 0.2) is 0 Å². The van der Waals surface area contributed by atoms with Crippen LogP contribution in [0, 0.1) is 24.0 Å². The fourth-order valence-electron chi connectivity index (χ4n) is 2.39. The van der Waals surface area contributed by atoms with Crippen molar-refractivity contribution in [3.05, 3.63) is 73.6 Å². The molecule has 0 saturated heterocycles. The Morgan fingerprint density at radius 1 is 1.28 bits per heavy atom. The first kappa shape index (κ1) is 20.4. The lowest BCUT2D eigenvalue weighted by atomic mass is 10.1. The van der Waals surface area contributed by atoms with Gasteiger partial charge >= 0.3 is 5.97 Å². The van der Waals surface area contributed by atoms with E-state index in [1.54, 1.807) is 0 Å². The Balaban J connectivity index is 1.61. The highest BCUT2D eigenvalue weighted by atomic mass is 35.5. The first-order chi connectivity index (χ1) is 13.8. The standard InChI is InChI=1S/C19H15ClN4O4S/c1-11-3-4-14(9-16(11)20)17-12(2)29-19(23-17)21-10-22-28-18(25)13-5-7-15(8-6-13)24(26)27/h3-10H,1-2H3,(H,21,22,23). The molecule has 0 saturated carbocycles. The zero-order chi connectivity index (χ0) is 21.0. The van der Waals surface area contributed by atoms with E-state index < -0.39 is 10.9 Å². The van der Waals surface area contributed by atoms with Crippen LogP contribution in [0.3, 0.4) is 0 Å². The second-order valence-corrected chi connectivity index (χ2v) is 7.52. The number of carbonyl (C=O) groups excluding carboxylic acids is 1. The Labute approximate surface area is 174 Å². The number of thiazole rings is 1. The summed E-state index contributed by atoms with van der Waals surface area (Å²) in [6, 6.07) is 10.8. The van der Waals surface area contributed by atoms with E-state index in [1.807, 2.05) is 32.0 Å². The second kappa shape index (κ2) is 8.80. The van der Waals surface area contributed by atoms with Gasteiger partial charge in [-0.2, -0.15) is 0 Å². The number of benzene rings is 2. The van der Waals surface area contributed by atoms with Crippen molar-refractivity contribution in [2.75, 3.05) is 0 Å². The zero-order valence-electron chi connectivity index (χ0n) is 15.4. The highest BCUT2D eigenvalue weighted by molar-refractivity contribution is 7.15. The summed E-state index contributed by atoms with van der Waals surface area (Å²) in [5.74, 6) is -0.698. The Bertz CT molecular complexity index is 1100. The molecule has 0 fully saturated rings. The van der Waals surface area contributed by atoms with Gasteiger partial charge in [-0.25, -0.2) is 20.3 Å². The number of nitro groups is 1. The number of hydrogen-bond donors (Lipinski definition) is 1. The quantitative estimate of drug-likeness (QED) is 0.255. The molecule has 0 aliphatic rings. The Morgan fingerprint density at radius 2 is 2.00 bits per heavy atom. The lowest BCUT2D eigenvalue weighted by Crippen LogP contribution is -2.18. The van der Waals surface area contributed by atoms with Gasteiger partial charge in [0.1, 0.15) is 6.34 Å². The predicted molar refractivity (Wildman–Crippen MR) is 112 cm³/mol. The van der Waals surface area contributed by atoms with Crippen LogP contribution in [0.15, 0.2) is 47.5 Å². The number of aromatic nitrogens is 1. The molecule has 3 aromatic rings. The Hall–Kier alpha value is -3.30. The molecule has 1 N–H and O–H groups in total. The molecule has 0 radical (unpaired) electrons. The van der Waals surface area contributed by atoms with Crippen molar-refractivity contribution in [3.8, 4) is 11.3 Å². The molecule has 0 amide bonds. The summed E-state index contributed by atoms with van der Waals surface area (Å²) in [6.45, 7) is 3.86. The molecule has 0 bridgehead atoms. The highest BCUT2D eigenvalue weighted by Crippen LogP contribution is 2.33. The maximum Gasteiger partial charge on any atom is 0.362 e. The van der Waals surface area contributed by atoms with Crippen molar-refractivity contribution in [2.24, 2.45) is 4.99 Å². The van der Waals surface area contributed by atoms with Gasteiger partial charge in [0.05, 0.1) is 16.2 Å². The zero-order valence-corrected chi connectivity index (χ0v) is 17.0. The number of aliphatic imine (C=N–C) groups is 1. The number of carbonyl (C=O) groups is 1. The molecule has 0 aliphatic carbocycles. The summed E-state index contributed by atoms with van der Waals surface area (Å²) in [5, 5.41) is 11.8. The molecule has 29 heavy (non-hydrogen) atoms. The van der Waals surface area contributed by atoms with Gasteiger partial charge in [-0.15, -0.1) is 0 Å². The molecule has 3 rings (SSSR count). The molecule has 10 heteroatoms. The SMILES string of the molecule is Cc1ccc(-c2nc(N=CNOC(=O)c3ccc([N+](=O)[O-])cc3)sc2C)cc1Cl. The summed E-state index contributed by atoms with van der Waals surface area (Å²) in [5.41, 5.74) is 5.05. The molecule has 0 spiro atoms. The third-order valence-electron chi connectivity index (χ3n) is 3.92. The topological polar surface area (TPSA) is 107 Å². The molecule has 148 valence electrons. The number of nitro benzene ring substituents is 1. The summed E-state index contributed by atoms with van der Waals surface area (Å²) in [4.78, 5) is 36.4. The minimum atomic E-state index is -0.698. The molecule has 0 atom stereocenters. The van der Waals surface area contributed by atoms with E-state index in [0.717, 1.165) is 21.7 Å². The summed E-state index contributed by atoms with van der Waals surface area (Å²) in [7, 11) is 0. The molecular formula is C19H15ClN4O4S. The van der Waals surface area contributed by atoms with Gasteiger partial charge < -0.3 is 4.84 Å². The van der Waals surface area contributed by atoms with Crippen molar-refractivity contribution >= 4 is 46.1 Å². The normalized spacial score (nSPS) is 10.9. The van der Waals surface area contributed by atoms with Gasteiger partial charge in [-0.05, 0) is 37.6 Å². The van der Waals surface area contributed by atoms with Crippen LogP contribution in [-0.4, -0.2) is 22.2 Å². The van der Waals surface area contributed by atoms with Gasteiger partial charge in [0.25, 0.3) is 5.69 Å². The maximum atomic E-state index is 11.9. The molecular weight excluding hydrogens is 416 g/mol. The number of hydrogen-bond acceptors (Lipinski definition) is 7. The monoisotopic (exact) mass is 430 g/mol. The van der Waals surface area contributed by atoms with E-state index in [1.165, 1.54) is 41.9 Å². The first-order valence-electron chi connectivity index (χ1n) is 8.33. The van der Waals surface area contributed by atoms with Crippen LogP contribution in [0.2, 0.25) is 5.02 Å². The molecule has 0 aliphatic heterocycles. The fourth-order valence-corrected chi connectivity index (χ4v) is 3.34. The fraction of sp³-hybridized carbons (Fsp3) is 0.105. The van der Waals surface area contributed by atoms with Crippen molar-refractivity contribution in [3.63, 3.8) is 0 Å². The van der Waals surface area contributed by atoms with Crippen LogP contribution >= 0.6 is 22.9 Å². The van der Waals surface area contributed by atoms with E-state index in [4.69, 9.17) is 16.4 Å². The third-order valence-corrected chi connectivity index (χ3v) is 5.21. The number of hydroxylamine groups is 1. The Morgan fingerprint density at radius 3 is 2.66 bits per heavy atom. The van der Waals surface area contributed by atoms with Crippen LogP contribution in [0.1, 0.15) is 20.8 Å². The van der Waals surface area contributed by atoms with Crippen LogP contribution in [0.25, 0.3) is 11.3 Å². The molecule has 8 nitrogen and oxygen atoms in total. The van der Waals surface area contributed by atoms with Crippen molar-refractivity contribution < 1.29 is 14.6 Å². The lowest BCUT2D eigenvalue weighted by Gasteiger charge is -2.02. The van der Waals surface area contributed by atoms with Crippen LogP contribution in [0.5, 0.6) is 0 Å². The smallest absolute Gasteiger partial charge is 0.337 e. The molecule has 1 aromatic heterocycles. The minimum Gasteiger partial charge on any atom is -0.337 e. The van der Waals surface area contributed by atoms with Gasteiger partial charge in [0, 0.05) is 27.6 Å². The summed E-state index contributed by atoms with van der Waals surface area (Å²) >= 11 is 7.57. The average Bonchev–Trinajstić information content (AvgIpc) is 3.07. The van der Waals surface area contributed by atoms with Crippen molar-refractivity contribution in [1.82, 2.24) is 10.5 Å². The maximum absolute atomic E-state index is 11.9. The van der Waals surface area contributed by atoms with Crippen LogP contribution in [0.4, 0.5) is 10.8 Å². The number of nitrogens with zero attached hydrogens (tertiary/aromatic N) is 3. The number of halogens is 1. The van der Waals surface area contributed by atoms with E-state index in [9.17, 15) is 14.9 Å². The molecule has 2 aromatic carbocycles. The molecule has 1 heterocycles. The van der Waals surface area contributed by atoms with Gasteiger partial charge in [-0.3, -0.25) is 10.1 Å². The third kappa shape index (κ3) is 4.95. The molecule has 0 unspecified atom stereocenters. The average molecular weight is 431 g/mol. The number of aryl methyl sites for hydroxylation is 2. The van der Waals surface area contributed by atoms with E-state index in [2.05, 4.69) is 15.5 Å². The second-order valence-electron chi connectivity index (χ2n) is 5.93. The van der Waals surface area contributed by atoms with Gasteiger partial charge in [-0.1, -0.05) is 35.1 Å². The van der Waals surface area contributed by atoms with E-state index in [0.29, 0.717) is 10.2 Å². The number of non-ortho nitro benzene ring substituents is 1. The van der Waals surface area contributed by atoms with Crippen molar-refractivity contribution in [1.29, 1.82) is 0 Å². The first-order valence-corrected chi connectivity index (χ1v) is 9.52. The Kier molecular flexibility index (Phi) is 6.20. The number of nitrogens with one attached hydrogen (secondary N) is 1. The van der Waals surface area contributed by atoms with Crippen LogP contribution < -0.4 is 5.48 Å². The predicted octanol–water partition coefficient (Wildman–Crippen LogP) is 5.01. The largest absolute Gasteiger partial charge is 0.362 e. The van der Waals surface area contributed by atoms with Crippen LogP contribution in [-0.2, 0) is 4.84 Å². The minimum absolute atomic E-state index is 0.110. The summed E-state index contributed by atoms with van der Waals surface area (Å²) in [6.07, 6.45) is 1.20. The van der Waals surface area contributed by atoms with E-state index >= 15 is 0 Å². The van der Waals surface area contributed by atoms with Gasteiger partial charge in [0.2, 0.25) is 5.13 Å². The van der Waals surface area contributed by atoms with E-state index in [-0.39, 0.29) is 11.3 Å². The lowest BCUT2D eigenvalue weighted by molar-refractivity contribution is -0.384.